The number of hydrogen-bond donors (Lipinski definition) is 1. The van der Waals surface area contributed by atoms with Crippen molar-refractivity contribution in [2.24, 2.45) is 5.73 Å². The number of rotatable bonds is 4. The first-order valence-corrected chi connectivity index (χ1v) is 15.5. The monoisotopic (exact) mass is 345 g/mol. The predicted octanol–water partition coefficient (Wildman–Crippen LogP) is 4.49. The number of carbonyl (C=O) groups is 1. The first-order chi connectivity index (χ1) is 11.0. The summed E-state index contributed by atoms with van der Waals surface area (Å²) in [6, 6.07) is 8.36. The van der Waals surface area contributed by atoms with Crippen LogP contribution < -0.4 is 5.73 Å². The summed E-state index contributed by atoms with van der Waals surface area (Å²) in [5.74, 6) is 0.618. The summed E-state index contributed by atoms with van der Waals surface area (Å²) in [4.78, 5) is 24.3. The number of allylic oxidation sites excluding steroid dienone is 1. The van der Waals surface area contributed by atoms with Gasteiger partial charge in [-0.2, -0.15) is 0 Å². The number of ketones is 1. The van der Waals surface area contributed by atoms with E-state index in [0.29, 0.717) is 16.6 Å². The quantitative estimate of drug-likeness (QED) is 0.646. The van der Waals surface area contributed by atoms with Gasteiger partial charge in [-0.05, 0) is 0 Å². The topological polar surface area (TPSA) is 43.1 Å². The molecule has 0 bridgehead atoms. The van der Waals surface area contributed by atoms with Crippen LogP contribution >= 0.6 is 0 Å². The number of nitrogens with two attached hydrogens (primary N) is 1. The van der Waals surface area contributed by atoms with Gasteiger partial charge in [-0.1, -0.05) is 0 Å². The summed E-state index contributed by atoms with van der Waals surface area (Å²) >= 11 is 0. The van der Waals surface area contributed by atoms with E-state index in [1.165, 1.54) is 33.7 Å². The van der Waals surface area contributed by atoms with Crippen LogP contribution in [0.2, 0.25) is 47.7 Å². The van der Waals surface area contributed by atoms with Crippen LogP contribution in [0.15, 0.2) is 30.3 Å². The van der Waals surface area contributed by atoms with Crippen LogP contribution in [-0.4, -0.2) is 5.78 Å². The van der Waals surface area contributed by atoms with Gasteiger partial charge >= 0.3 is 125 Å². The second kappa shape index (κ2) is 0.985. The third-order valence-electron chi connectivity index (χ3n) is 16.7. The van der Waals surface area contributed by atoms with Gasteiger partial charge in [-0.15, -0.1) is 0 Å². The van der Waals surface area contributed by atoms with Crippen molar-refractivity contribution in [1.29, 1.82) is 0 Å². The normalized spacial score (nSPS) is 91.3. The van der Waals surface area contributed by atoms with Crippen molar-refractivity contribution in [2.75, 3.05) is 0 Å². The summed E-state index contributed by atoms with van der Waals surface area (Å²) in [5.41, 5.74) is 7.97. The Hall–Kier alpha value is -0.891. The summed E-state index contributed by atoms with van der Waals surface area (Å²) in [6.07, 6.45) is 4.10. The second-order valence-corrected chi connectivity index (χ2v) is 35.9. The minimum atomic E-state index is -3.23. The second-order valence-electron chi connectivity index (χ2n) is 12.3. The van der Waals surface area contributed by atoms with Gasteiger partial charge in [0.1, 0.15) is 0 Å². The first-order valence-electron chi connectivity index (χ1n) is 9.21. The molecule has 11 rings (SSSR count). The van der Waals surface area contributed by atoms with E-state index < -0.39 is 6.51 Å². The molecule has 10 aliphatic heterocycles. The first kappa shape index (κ1) is 9.56. The third-order valence-corrected chi connectivity index (χ3v) is 59.0. The number of benzene rings is 1. The molecule has 2 N–H and O–H groups in total. The van der Waals surface area contributed by atoms with Crippen LogP contribution in [0.5, 0.6) is 0 Å². The molecule has 0 saturated carbocycles. The van der Waals surface area contributed by atoms with E-state index in [1.54, 1.807) is 0 Å². The molecule has 4 atom stereocenters. The molecule has 23 heavy (non-hydrogen) atoms. The average molecular weight is 345 g/mol. The van der Waals surface area contributed by atoms with E-state index >= 15 is 0 Å². The van der Waals surface area contributed by atoms with E-state index in [1.807, 2.05) is 6.08 Å². The fourth-order valence-electron chi connectivity index (χ4n) is 17.9. The molecule has 1 spiro atoms. The Kier molecular flexibility index (Phi) is 0.409. The SMILES string of the molecule is NCc1ccc(C=CC(=O)[C]23[CH]4[CH]5[CH]6[CH]2[Fe]56432789[CH]3[CH]2[CH]7[CH]8[CH]39)cc1. The van der Waals surface area contributed by atoms with Crippen molar-refractivity contribution < 1.29 is 11.3 Å². The van der Waals surface area contributed by atoms with Crippen LogP contribution in [0.25, 0.3) is 6.08 Å². The Morgan fingerprint density at radius 1 is 1.00 bits per heavy atom. The zero-order valence-electron chi connectivity index (χ0n) is 12.7. The number of hydrogen-bond acceptors (Lipinski definition) is 2. The molecule has 10 saturated heterocycles. The molecule has 10 heterocycles. The summed E-state index contributed by atoms with van der Waals surface area (Å²) in [7, 11) is 0. The van der Waals surface area contributed by atoms with Gasteiger partial charge in [-0.25, -0.2) is 0 Å². The Balaban J connectivity index is 1.12. The maximum absolute atomic E-state index is 13.4. The number of fused-ring (bicyclic) bond motifs is 10. The Morgan fingerprint density at radius 2 is 1.57 bits per heavy atom. The van der Waals surface area contributed by atoms with Crippen molar-refractivity contribution in [3.8, 4) is 0 Å². The predicted molar refractivity (Wildman–Crippen MR) is 84.8 cm³/mol. The zero-order valence-corrected chi connectivity index (χ0v) is 13.8. The average Bonchev–Trinajstić information content (AvgIpc) is 3.52. The molecule has 3 heteroatoms. The molecule has 0 amide bonds. The molecule has 1 aromatic carbocycles. The van der Waals surface area contributed by atoms with E-state index in [0.717, 1.165) is 20.8 Å². The minimum absolute atomic E-state index is 0.382. The van der Waals surface area contributed by atoms with Gasteiger partial charge in [-0.3, -0.25) is 0 Å². The fraction of sp³-hybridized carbons (Fsp3) is 0.550. The molecule has 10 fully saturated rings. The molecule has 0 aliphatic carbocycles. The van der Waals surface area contributed by atoms with Gasteiger partial charge in [0, 0.05) is 0 Å². The van der Waals surface area contributed by atoms with E-state index in [-0.39, 0.29) is 0 Å². The van der Waals surface area contributed by atoms with E-state index in [9.17, 15) is 4.79 Å². The van der Waals surface area contributed by atoms with Crippen LogP contribution in [-0.2, 0) is 17.8 Å². The van der Waals surface area contributed by atoms with Gasteiger partial charge in [0.05, 0.1) is 0 Å². The van der Waals surface area contributed by atoms with Crippen LogP contribution in [0, 0.1) is 0 Å². The standard InChI is InChI=1S/C15H14NO.C5H5.Fe/c16-11-13-7-5-12(6-8-13)9-10-15(17)14-3-1-2-4-14;1-2-4-5-3-1;/h1-10H,11,16H2;1-5H;. The van der Waals surface area contributed by atoms with Crippen molar-refractivity contribution in [3.63, 3.8) is 0 Å². The van der Waals surface area contributed by atoms with Gasteiger partial charge in [0.2, 0.25) is 0 Å². The summed E-state index contributed by atoms with van der Waals surface area (Å²) in [6.45, 7) is -2.64. The molecule has 1 aromatic rings. The molecule has 10 aliphatic rings. The summed E-state index contributed by atoms with van der Waals surface area (Å²) < 4.78 is 0.382. The molecule has 118 valence electrons. The van der Waals surface area contributed by atoms with Crippen molar-refractivity contribution >= 4 is 11.9 Å². The van der Waals surface area contributed by atoms with Gasteiger partial charge in [0.25, 0.3) is 0 Å². The van der Waals surface area contributed by atoms with E-state index in [4.69, 9.17) is 5.73 Å². The molecular formula is C20H19FeNO. The maximum atomic E-state index is 13.4. The van der Waals surface area contributed by atoms with Crippen LogP contribution in [0.4, 0.5) is 0 Å². The van der Waals surface area contributed by atoms with Crippen molar-refractivity contribution in [1.82, 2.24) is 0 Å². The molecule has 4 unspecified atom stereocenters. The van der Waals surface area contributed by atoms with Gasteiger partial charge < -0.3 is 0 Å². The third kappa shape index (κ3) is 0.139. The van der Waals surface area contributed by atoms with Crippen molar-refractivity contribution in [3.05, 3.63) is 41.5 Å². The van der Waals surface area contributed by atoms with Crippen LogP contribution in [0.3, 0.4) is 0 Å². The summed E-state index contributed by atoms with van der Waals surface area (Å²) in [5, 5.41) is 0. The number of carbonyl (C=O) groups excluding carboxylic acids is 1. The zero-order chi connectivity index (χ0) is 14.7. The Bertz CT molecular complexity index is 1260. The molecular weight excluding hydrogens is 326 g/mol. The Morgan fingerprint density at radius 3 is 1.96 bits per heavy atom. The van der Waals surface area contributed by atoms with Gasteiger partial charge in [0.15, 0.2) is 0 Å². The van der Waals surface area contributed by atoms with Crippen LogP contribution in [0.1, 0.15) is 11.1 Å². The molecule has 2 nitrogen and oxygen atoms in total. The molecule has 0 radical (unpaired) electrons. The Labute approximate surface area is 124 Å². The molecule has 0 aromatic heterocycles. The van der Waals surface area contributed by atoms with E-state index in [2.05, 4.69) is 30.3 Å². The van der Waals surface area contributed by atoms with Crippen molar-refractivity contribution in [2.45, 2.75) is 54.2 Å². The fourth-order valence-corrected chi connectivity index (χ4v) is 91.8.